The van der Waals surface area contributed by atoms with Gasteiger partial charge in [0.25, 0.3) is 0 Å². The van der Waals surface area contributed by atoms with Gasteiger partial charge < -0.3 is 0 Å². The number of carbonyl (C=O) groups is 1. The summed E-state index contributed by atoms with van der Waals surface area (Å²) in [7, 11) is 0. The summed E-state index contributed by atoms with van der Waals surface area (Å²) in [5.74, 6) is 0. The predicted octanol–water partition coefficient (Wildman–Crippen LogP) is 4.54. The van der Waals surface area contributed by atoms with Gasteiger partial charge in [-0.2, -0.15) is 16.4 Å². The first-order chi connectivity index (χ1) is 10.2. The lowest BCUT2D eigenvalue weighted by atomic mass is 10.1. The summed E-state index contributed by atoms with van der Waals surface area (Å²) in [4.78, 5) is 11.3. The minimum Gasteiger partial charge on any atom is -0.298 e. The Balaban J connectivity index is 1.96. The van der Waals surface area contributed by atoms with Crippen molar-refractivity contribution in [2.45, 2.75) is 13.5 Å². The number of aromatic nitrogens is 2. The van der Waals surface area contributed by atoms with Crippen LogP contribution in [0.15, 0.2) is 45.7 Å². The third-order valence-corrected chi connectivity index (χ3v) is 4.92. The van der Waals surface area contributed by atoms with Gasteiger partial charge in [0.05, 0.1) is 12.1 Å². The molecule has 3 aromatic rings. The molecule has 0 aliphatic rings. The maximum atomic E-state index is 11.3. The number of rotatable bonds is 4. The van der Waals surface area contributed by atoms with Crippen LogP contribution in [0.5, 0.6) is 0 Å². The van der Waals surface area contributed by atoms with E-state index in [-0.39, 0.29) is 0 Å². The summed E-state index contributed by atoms with van der Waals surface area (Å²) in [6, 6.07) is 8.29. The van der Waals surface area contributed by atoms with Crippen LogP contribution in [0.3, 0.4) is 0 Å². The quantitative estimate of drug-likeness (QED) is 0.640. The van der Waals surface area contributed by atoms with E-state index in [9.17, 15) is 4.79 Å². The Kier molecular flexibility index (Phi) is 4.03. The van der Waals surface area contributed by atoms with E-state index in [1.165, 1.54) is 11.1 Å². The van der Waals surface area contributed by atoms with E-state index in [0.29, 0.717) is 12.1 Å². The van der Waals surface area contributed by atoms with Crippen molar-refractivity contribution in [1.29, 1.82) is 0 Å². The SMILES string of the molecule is Cc1cccc(Cn2cc(C=O)c(-c3cscc3Br)n2)c1. The summed E-state index contributed by atoms with van der Waals surface area (Å²) in [6.07, 6.45) is 2.66. The third-order valence-electron chi connectivity index (χ3n) is 3.21. The highest BCUT2D eigenvalue weighted by atomic mass is 79.9. The molecule has 0 aliphatic carbocycles. The minimum atomic E-state index is 0.613. The lowest BCUT2D eigenvalue weighted by Crippen LogP contribution is -2.00. The molecule has 0 amide bonds. The van der Waals surface area contributed by atoms with E-state index in [0.717, 1.165) is 22.0 Å². The number of halogens is 1. The molecule has 5 heteroatoms. The van der Waals surface area contributed by atoms with Crippen LogP contribution in [0.25, 0.3) is 11.3 Å². The largest absolute Gasteiger partial charge is 0.298 e. The fourth-order valence-corrected chi connectivity index (χ4v) is 3.73. The van der Waals surface area contributed by atoms with Gasteiger partial charge in [0.2, 0.25) is 0 Å². The Hall–Kier alpha value is -1.72. The fraction of sp³-hybridized carbons (Fsp3) is 0.125. The van der Waals surface area contributed by atoms with Gasteiger partial charge in [0.1, 0.15) is 5.69 Å². The Bertz CT molecular complexity index is 791. The molecule has 0 radical (unpaired) electrons. The van der Waals surface area contributed by atoms with Crippen molar-refractivity contribution in [3.63, 3.8) is 0 Å². The van der Waals surface area contributed by atoms with Gasteiger partial charge in [-0.05, 0) is 28.4 Å². The maximum Gasteiger partial charge on any atom is 0.153 e. The van der Waals surface area contributed by atoms with Crippen LogP contribution in [-0.4, -0.2) is 16.1 Å². The van der Waals surface area contributed by atoms with Gasteiger partial charge in [-0.1, -0.05) is 29.8 Å². The molecule has 2 aromatic heterocycles. The second kappa shape index (κ2) is 5.95. The number of hydrogen-bond acceptors (Lipinski definition) is 3. The zero-order valence-corrected chi connectivity index (χ0v) is 13.8. The van der Waals surface area contributed by atoms with Crippen molar-refractivity contribution < 1.29 is 4.79 Å². The molecule has 0 spiro atoms. The molecule has 0 atom stereocenters. The molecular weight excluding hydrogens is 348 g/mol. The second-order valence-corrected chi connectivity index (χ2v) is 6.47. The average Bonchev–Trinajstić information content (AvgIpc) is 3.04. The van der Waals surface area contributed by atoms with Crippen LogP contribution in [0.4, 0.5) is 0 Å². The molecule has 1 aromatic carbocycles. The molecule has 0 bridgehead atoms. The Morgan fingerprint density at radius 3 is 2.90 bits per heavy atom. The van der Waals surface area contributed by atoms with E-state index in [1.54, 1.807) is 17.5 Å². The summed E-state index contributed by atoms with van der Waals surface area (Å²) in [5.41, 5.74) is 4.69. The van der Waals surface area contributed by atoms with E-state index in [4.69, 9.17) is 0 Å². The lowest BCUT2D eigenvalue weighted by molar-refractivity contribution is 0.112. The first kappa shape index (κ1) is 14.2. The number of nitrogens with zero attached hydrogens (tertiary/aromatic N) is 2. The smallest absolute Gasteiger partial charge is 0.153 e. The molecule has 0 N–H and O–H groups in total. The number of aldehydes is 1. The maximum absolute atomic E-state index is 11.3. The first-order valence-corrected chi connectivity index (χ1v) is 8.21. The van der Waals surface area contributed by atoms with Crippen LogP contribution in [-0.2, 0) is 6.54 Å². The predicted molar refractivity (Wildman–Crippen MR) is 88.9 cm³/mol. The third kappa shape index (κ3) is 2.99. The molecule has 2 heterocycles. The lowest BCUT2D eigenvalue weighted by Gasteiger charge is -2.03. The summed E-state index contributed by atoms with van der Waals surface area (Å²) < 4.78 is 2.79. The summed E-state index contributed by atoms with van der Waals surface area (Å²) in [5, 5.41) is 8.56. The molecular formula is C16H13BrN2OS. The molecule has 3 rings (SSSR count). The number of thiophene rings is 1. The average molecular weight is 361 g/mol. The number of aryl methyl sites for hydroxylation is 1. The Morgan fingerprint density at radius 1 is 1.38 bits per heavy atom. The molecule has 0 saturated carbocycles. The highest BCUT2D eigenvalue weighted by Gasteiger charge is 2.14. The Labute approximate surface area is 135 Å². The normalized spacial score (nSPS) is 10.8. The summed E-state index contributed by atoms with van der Waals surface area (Å²) >= 11 is 5.08. The van der Waals surface area contributed by atoms with Gasteiger partial charge in [-0.15, -0.1) is 0 Å². The van der Waals surface area contributed by atoms with Crippen LogP contribution in [0, 0.1) is 6.92 Å². The first-order valence-electron chi connectivity index (χ1n) is 6.47. The van der Waals surface area contributed by atoms with Gasteiger partial charge in [0, 0.05) is 27.0 Å². The van der Waals surface area contributed by atoms with Crippen LogP contribution in [0.2, 0.25) is 0 Å². The van der Waals surface area contributed by atoms with E-state index < -0.39 is 0 Å². The number of carbonyl (C=O) groups excluding carboxylic acids is 1. The zero-order chi connectivity index (χ0) is 14.8. The minimum absolute atomic E-state index is 0.613. The van der Waals surface area contributed by atoms with E-state index in [1.807, 2.05) is 21.5 Å². The zero-order valence-electron chi connectivity index (χ0n) is 11.4. The van der Waals surface area contributed by atoms with Gasteiger partial charge in [0.15, 0.2) is 6.29 Å². The van der Waals surface area contributed by atoms with Crippen LogP contribution >= 0.6 is 27.3 Å². The number of hydrogen-bond donors (Lipinski definition) is 0. The van der Waals surface area contributed by atoms with Crippen molar-refractivity contribution in [2.24, 2.45) is 0 Å². The monoisotopic (exact) mass is 360 g/mol. The molecule has 0 fully saturated rings. The van der Waals surface area contributed by atoms with Crippen LogP contribution in [0.1, 0.15) is 21.5 Å². The molecule has 106 valence electrons. The van der Waals surface area contributed by atoms with E-state index in [2.05, 4.69) is 46.2 Å². The van der Waals surface area contributed by atoms with Crippen molar-refractivity contribution in [2.75, 3.05) is 0 Å². The molecule has 0 saturated heterocycles. The molecule has 3 nitrogen and oxygen atoms in total. The molecule has 0 aliphatic heterocycles. The van der Waals surface area contributed by atoms with Crippen molar-refractivity contribution >= 4 is 33.6 Å². The van der Waals surface area contributed by atoms with Gasteiger partial charge in [-0.25, -0.2) is 0 Å². The van der Waals surface area contributed by atoms with Crippen LogP contribution < -0.4 is 0 Å². The van der Waals surface area contributed by atoms with Crippen molar-refractivity contribution in [3.05, 3.63) is 62.4 Å². The fourth-order valence-electron chi connectivity index (χ4n) is 2.26. The van der Waals surface area contributed by atoms with Crippen molar-refractivity contribution in [1.82, 2.24) is 9.78 Å². The summed E-state index contributed by atoms with van der Waals surface area (Å²) in [6.45, 7) is 2.72. The highest BCUT2D eigenvalue weighted by molar-refractivity contribution is 9.10. The van der Waals surface area contributed by atoms with Gasteiger partial charge >= 0.3 is 0 Å². The topological polar surface area (TPSA) is 34.9 Å². The number of benzene rings is 1. The standard InChI is InChI=1S/C16H13BrN2OS/c1-11-3-2-4-12(5-11)6-19-7-13(8-20)16(18-19)14-9-21-10-15(14)17/h2-5,7-10H,6H2,1H3. The Morgan fingerprint density at radius 2 is 2.24 bits per heavy atom. The molecule has 21 heavy (non-hydrogen) atoms. The highest BCUT2D eigenvalue weighted by Crippen LogP contribution is 2.32. The van der Waals surface area contributed by atoms with Gasteiger partial charge in [-0.3, -0.25) is 9.48 Å². The molecule has 0 unspecified atom stereocenters. The van der Waals surface area contributed by atoms with E-state index >= 15 is 0 Å². The second-order valence-electron chi connectivity index (χ2n) is 4.87. The van der Waals surface area contributed by atoms with Crippen molar-refractivity contribution in [3.8, 4) is 11.3 Å².